The number of rotatable bonds is 12. The molecule has 0 spiro atoms. The molecule has 12 nitrogen and oxygen atoms in total. The molecule has 0 radical (unpaired) electrons. The number of hydrogen-bond donors (Lipinski definition) is 4. The predicted molar refractivity (Wildman–Crippen MR) is 187 cm³/mol. The summed E-state index contributed by atoms with van der Waals surface area (Å²) in [7, 11) is 6.05. The van der Waals surface area contributed by atoms with E-state index in [-0.39, 0.29) is 43.2 Å². The van der Waals surface area contributed by atoms with Crippen molar-refractivity contribution < 1.29 is 58.4 Å². The summed E-state index contributed by atoms with van der Waals surface area (Å²) in [6.07, 6.45) is -0.219. The lowest BCUT2D eigenvalue weighted by Crippen LogP contribution is -2.21. The fraction of sp³-hybridized carbons (Fsp3) is 0.375. The number of phenols is 2. The van der Waals surface area contributed by atoms with E-state index in [0.29, 0.717) is 47.3 Å². The molecule has 3 aliphatic heterocycles. The molecule has 6 atom stereocenters. The zero-order valence-electron chi connectivity index (χ0n) is 29.3. The average molecular weight is 715 g/mol. The lowest BCUT2D eigenvalue weighted by Gasteiger charge is -2.19. The molecule has 3 heterocycles. The summed E-state index contributed by atoms with van der Waals surface area (Å²) >= 11 is 0. The molecule has 4 aromatic carbocycles. The molecule has 6 unspecified atom stereocenters. The van der Waals surface area contributed by atoms with E-state index in [1.54, 1.807) is 38.5 Å². The maximum atomic E-state index is 13.2. The molecule has 274 valence electrons. The number of hydrogen-bond acceptors (Lipinski definition) is 12. The number of benzene rings is 4. The molecule has 3 aliphatic rings. The van der Waals surface area contributed by atoms with Gasteiger partial charge in [0, 0.05) is 17.0 Å². The van der Waals surface area contributed by atoms with E-state index < -0.39 is 30.0 Å². The molecular weight excluding hydrogens is 672 g/mol. The van der Waals surface area contributed by atoms with Crippen molar-refractivity contribution in [1.29, 1.82) is 0 Å². The normalized spacial score (nSPS) is 22.9. The predicted octanol–water partition coefficient (Wildman–Crippen LogP) is 5.13. The van der Waals surface area contributed by atoms with Crippen LogP contribution in [0.25, 0.3) is 0 Å². The minimum atomic E-state index is -0.556. The van der Waals surface area contributed by atoms with E-state index in [9.17, 15) is 25.2 Å². The Balaban J connectivity index is 1.14. The number of methoxy groups -OCH3 is 4. The quantitative estimate of drug-likeness (QED) is 0.144. The molecular formula is C40H42O12. The van der Waals surface area contributed by atoms with Crippen LogP contribution in [0.1, 0.15) is 57.4 Å². The van der Waals surface area contributed by atoms with Gasteiger partial charge in [0.25, 0.3) is 0 Å². The summed E-state index contributed by atoms with van der Waals surface area (Å²) in [4.78, 5) is 13.2. The van der Waals surface area contributed by atoms with Gasteiger partial charge in [-0.05, 0) is 71.5 Å². The number of esters is 1. The molecule has 12 heteroatoms. The van der Waals surface area contributed by atoms with E-state index >= 15 is 0 Å². The van der Waals surface area contributed by atoms with Crippen LogP contribution < -0.4 is 28.4 Å². The van der Waals surface area contributed by atoms with Crippen molar-refractivity contribution in [2.75, 3.05) is 48.3 Å². The number of aliphatic hydroxyl groups excluding tert-OH is 2. The standard InChI is InChI=1S/C40H42O12/c1-46-32-15-22(5-7-30(32)43)36-28(17-41)26-11-20(13-34(48-3)38(26)51-36)9-24-19-50-40(45)25(24)10-21-12-27-29(18-42)37(52-39(27)35(14-21)49-4)23-6-8-31(44)33(16-23)47-2/h5-8,11-16,24-25,28-29,36-37,41-44H,9-10,17-19H2,1-4H3. The first-order chi connectivity index (χ1) is 25.2. The molecule has 0 aromatic heterocycles. The highest BCUT2D eigenvalue weighted by atomic mass is 16.5. The number of carbonyl (C=O) groups is 1. The van der Waals surface area contributed by atoms with Crippen LogP contribution in [0.3, 0.4) is 0 Å². The molecule has 0 amide bonds. The Bertz CT molecular complexity index is 1970. The Morgan fingerprint density at radius 3 is 1.52 bits per heavy atom. The van der Waals surface area contributed by atoms with E-state index in [0.717, 1.165) is 33.4 Å². The molecule has 52 heavy (non-hydrogen) atoms. The maximum absolute atomic E-state index is 13.2. The Labute approximate surface area is 301 Å². The lowest BCUT2D eigenvalue weighted by molar-refractivity contribution is -0.141. The van der Waals surface area contributed by atoms with E-state index in [1.807, 2.05) is 24.3 Å². The molecule has 4 aromatic rings. The Morgan fingerprint density at radius 1 is 0.615 bits per heavy atom. The van der Waals surface area contributed by atoms with Gasteiger partial charge in [0.1, 0.15) is 12.2 Å². The highest BCUT2D eigenvalue weighted by Gasteiger charge is 2.42. The monoisotopic (exact) mass is 714 g/mol. The van der Waals surface area contributed by atoms with Crippen molar-refractivity contribution in [2.24, 2.45) is 11.8 Å². The zero-order chi connectivity index (χ0) is 36.7. The van der Waals surface area contributed by atoms with Crippen molar-refractivity contribution in [3.8, 4) is 46.0 Å². The second-order valence-electron chi connectivity index (χ2n) is 13.4. The van der Waals surface area contributed by atoms with Gasteiger partial charge in [0.05, 0.1) is 66.0 Å². The fourth-order valence-corrected chi connectivity index (χ4v) is 7.80. The Hall–Kier alpha value is -5.33. The number of ether oxygens (including phenoxy) is 7. The molecule has 0 bridgehead atoms. The first kappa shape index (κ1) is 35.1. The van der Waals surface area contributed by atoms with Gasteiger partial charge in [-0.15, -0.1) is 0 Å². The molecule has 0 aliphatic carbocycles. The van der Waals surface area contributed by atoms with Crippen LogP contribution in [-0.4, -0.2) is 74.7 Å². The summed E-state index contributed by atoms with van der Waals surface area (Å²) in [6.45, 7) is -0.156. The summed E-state index contributed by atoms with van der Waals surface area (Å²) in [5.74, 6) is 0.890. The number of fused-ring (bicyclic) bond motifs is 2. The number of aliphatic hydroxyl groups is 2. The van der Waals surface area contributed by atoms with Crippen molar-refractivity contribution in [3.63, 3.8) is 0 Å². The van der Waals surface area contributed by atoms with Crippen LogP contribution in [0.4, 0.5) is 0 Å². The summed E-state index contributed by atoms with van der Waals surface area (Å²) in [5.41, 5.74) is 4.74. The second-order valence-corrected chi connectivity index (χ2v) is 13.4. The third-order valence-electron chi connectivity index (χ3n) is 10.5. The highest BCUT2D eigenvalue weighted by Crippen LogP contribution is 2.53. The van der Waals surface area contributed by atoms with Crippen LogP contribution in [0.5, 0.6) is 46.0 Å². The molecule has 1 saturated heterocycles. The van der Waals surface area contributed by atoms with Gasteiger partial charge in [-0.25, -0.2) is 0 Å². The Kier molecular flexibility index (Phi) is 9.69. The van der Waals surface area contributed by atoms with Gasteiger partial charge in [0.2, 0.25) is 0 Å². The lowest BCUT2D eigenvalue weighted by atomic mass is 9.83. The molecule has 4 N–H and O–H groups in total. The topological polar surface area (TPSA) is 163 Å². The van der Waals surface area contributed by atoms with Gasteiger partial charge in [-0.3, -0.25) is 4.79 Å². The number of cyclic esters (lactones) is 1. The van der Waals surface area contributed by atoms with Crippen LogP contribution in [0.15, 0.2) is 60.7 Å². The summed E-state index contributed by atoms with van der Waals surface area (Å²) < 4.78 is 40.5. The minimum Gasteiger partial charge on any atom is -0.504 e. The van der Waals surface area contributed by atoms with Crippen molar-refractivity contribution >= 4 is 5.97 Å². The summed E-state index contributed by atoms with van der Waals surface area (Å²) in [6, 6.07) is 17.6. The highest BCUT2D eigenvalue weighted by molar-refractivity contribution is 5.75. The first-order valence-corrected chi connectivity index (χ1v) is 17.1. The third-order valence-corrected chi connectivity index (χ3v) is 10.5. The maximum Gasteiger partial charge on any atom is 0.309 e. The second kappa shape index (κ2) is 14.4. The van der Waals surface area contributed by atoms with E-state index in [4.69, 9.17) is 33.2 Å². The van der Waals surface area contributed by atoms with E-state index in [2.05, 4.69) is 0 Å². The smallest absolute Gasteiger partial charge is 0.309 e. The van der Waals surface area contributed by atoms with Crippen molar-refractivity contribution in [1.82, 2.24) is 0 Å². The van der Waals surface area contributed by atoms with E-state index in [1.165, 1.54) is 26.4 Å². The van der Waals surface area contributed by atoms with Crippen molar-refractivity contribution in [2.45, 2.75) is 36.9 Å². The third kappa shape index (κ3) is 6.15. The minimum absolute atomic E-state index is 0.000573. The van der Waals surface area contributed by atoms with Crippen LogP contribution in [-0.2, 0) is 22.4 Å². The van der Waals surface area contributed by atoms with Gasteiger partial charge < -0.3 is 53.6 Å². The Morgan fingerprint density at radius 2 is 1.08 bits per heavy atom. The first-order valence-electron chi connectivity index (χ1n) is 17.1. The average Bonchev–Trinajstić information content (AvgIpc) is 3.84. The SMILES string of the molecule is COc1cc(C2Oc3c(OC)cc(CC4COC(=O)C4Cc4cc(OC)c5c(c4)C(CO)C(c4ccc(O)c(OC)c4)O5)cc3C2CO)ccc1O. The number of carbonyl (C=O) groups excluding carboxylic acids is 1. The van der Waals surface area contributed by atoms with Gasteiger partial charge in [0.15, 0.2) is 46.0 Å². The van der Waals surface area contributed by atoms with Crippen LogP contribution in [0.2, 0.25) is 0 Å². The van der Waals surface area contributed by atoms with Crippen molar-refractivity contribution in [3.05, 3.63) is 94.0 Å². The van der Waals surface area contributed by atoms with Crippen LogP contribution in [0, 0.1) is 11.8 Å². The fourth-order valence-electron chi connectivity index (χ4n) is 7.80. The molecule has 7 rings (SSSR count). The van der Waals surface area contributed by atoms with Gasteiger partial charge in [-0.2, -0.15) is 0 Å². The van der Waals surface area contributed by atoms with Gasteiger partial charge >= 0.3 is 5.97 Å². The van der Waals surface area contributed by atoms with Crippen LogP contribution >= 0.6 is 0 Å². The largest absolute Gasteiger partial charge is 0.504 e. The van der Waals surface area contributed by atoms with Gasteiger partial charge in [-0.1, -0.05) is 24.3 Å². The number of aromatic hydroxyl groups is 2. The zero-order valence-corrected chi connectivity index (χ0v) is 29.3. The molecule has 1 fully saturated rings. The molecule has 0 saturated carbocycles. The number of phenolic OH excluding ortho intramolecular Hbond substituents is 2. The summed E-state index contributed by atoms with van der Waals surface area (Å²) in [5, 5.41) is 41.4.